The molecule has 78 valence electrons. The van der Waals surface area contributed by atoms with E-state index in [1.54, 1.807) is 12.1 Å². The van der Waals surface area contributed by atoms with E-state index in [-0.39, 0.29) is 6.17 Å². The minimum atomic E-state index is -0.122. The highest BCUT2D eigenvalue weighted by Gasteiger charge is 2.20. The molecule has 3 rings (SSSR count). The number of fused-ring (bicyclic) bond motifs is 3. The second kappa shape index (κ2) is 2.98. The van der Waals surface area contributed by atoms with E-state index in [2.05, 4.69) is 10.3 Å². The third kappa shape index (κ3) is 1.22. The van der Waals surface area contributed by atoms with Gasteiger partial charge in [0, 0.05) is 17.4 Å². The van der Waals surface area contributed by atoms with Crippen molar-refractivity contribution in [2.45, 2.75) is 12.6 Å². The molecule has 1 atom stereocenters. The zero-order valence-electron chi connectivity index (χ0n) is 8.25. The highest BCUT2D eigenvalue weighted by molar-refractivity contribution is 5.86. The fourth-order valence-corrected chi connectivity index (χ4v) is 2.25. The van der Waals surface area contributed by atoms with Gasteiger partial charge in [-0.2, -0.15) is 0 Å². The third-order valence-corrected chi connectivity index (χ3v) is 2.97. The molecule has 1 aliphatic heterocycles. The molecule has 2 heterocycles. The Labute approximate surface area is 87.1 Å². The van der Waals surface area contributed by atoms with E-state index < -0.39 is 0 Å². The number of aromatic nitrogens is 1. The molecule has 0 fully saturated rings. The Morgan fingerprint density at radius 3 is 3.13 bits per heavy atom. The van der Waals surface area contributed by atoms with E-state index in [4.69, 9.17) is 5.73 Å². The fraction of sp³-hybridized carbons (Fsp3) is 0.273. The van der Waals surface area contributed by atoms with Gasteiger partial charge in [-0.25, -0.2) is 0 Å². The summed E-state index contributed by atoms with van der Waals surface area (Å²) >= 11 is 0. The van der Waals surface area contributed by atoms with Crippen LogP contribution in [0.3, 0.4) is 0 Å². The van der Waals surface area contributed by atoms with Crippen molar-refractivity contribution in [2.75, 3.05) is 6.54 Å². The average molecular weight is 203 g/mol. The predicted octanol–water partition coefficient (Wildman–Crippen LogP) is 0.976. The average Bonchev–Trinajstić information content (AvgIpc) is 2.58. The first kappa shape index (κ1) is 8.76. The summed E-state index contributed by atoms with van der Waals surface area (Å²) in [5.41, 5.74) is 9.25. The summed E-state index contributed by atoms with van der Waals surface area (Å²) in [6, 6.07) is 5.36. The smallest absolute Gasteiger partial charge is 0.116 e. The molecule has 0 saturated carbocycles. The van der Waals surface area contributed by atoms with E-state index in [0.29, 0.717) is 5.75 Å². The highest BCUT2D eigenvalue weighted by atomic mass is 16.3. The number of H-pyrrole nitrogens is 1. The molecule has 0 saturated heterocycles. The number of hydrogen-bond acceptors (Lipinski definition) is 3. The highest BCUT2D eigenvalue weighted by Crippen LogP contribution is 2.30. The van der Waals surface area contributed by atoms with Gasteiger partial charge in [0.25, 0.3) is 0 Å². The number of nitrogens with two attached hydrogens (primary N) is 1. The molecule has 1 unspecified atom stereocenters. The van der Waals surface area contributed by atoms with E-state index in [9.17, 15) is 5.11 Å². The van der Waals surface area contributed by atoms with Crippen molar-refractivity contribution in [3.8, 4) is 5.75 Å². The summed E-state index contributed by atoms with van der Waals surface area (Å²) < 4.78 is 0. The second-order valence-electron chi connectivity index (χ2n) is 3.93. The van der Waals surface area contributed by atoms with Crippen LogP contribution in [0.1, 0.15) is 17.4 Å². The van der Waals surface area contributed by atoms with Crippen LogP contribution in [-0.2, 0) is 6.42 Å². The number of benzene rings is 1. The van der Waals surface area contributed by atoms with Gasteiger partial charge in [-0.15, -0.1) is 0 Å². The van der Waals surface area contributed by atoms with Gasteiger partial charge in [-0.1, -0.05) is 0 Å². The van der Waals surface area contributed by atoms with Crippen LogP contribution >= 0.6 is 0 Å². The van der Waals surface area contributed by atoms with E-state index in [1.807, 2.05) is 6.07 Å². The largest absolute Gasteiger partial charge is 0.508 e. The monoisotopic (exact) mass is 203 g/mol. The number of aromatic hydroxyl groups is 1. The maximum absolute atomic E-state index is 9.46. The van der Waals surface area contributed by atoms with Gasteiger partial charge >= 0.3 is 0 Å². The molecular weight excluding hydrogens is 190 g/mol. The number of phenols is 1. The Morgan fingerprint density at radius 2 is 2.27 bits per heavy atom. The summed E-state index contributed by atoms with van der Waals surface area (Å²) in [5.74, 6) is 0.302. The summed E-state index contributed by atoms with van der Waals surface area (Å²) in [6.07, 6.45) is 0.829. The zero-order chi connectivity index (χ0) is 10.4. The SMILES string of the molecule is NC1NCCc2c1[nH]c1ccc(O)cc21. The first-order chi connectivity index (χ1) is 7.25. The topological polar surface area (TPSA) is 74.1 Å². The Bertz CT molecular complexity index is 518. The predicted molar refractivity (Wildman–Crippen MR) is 58.6 cm³/mol. The van der Waals surface area contributed by atoms with Crippen molar-refractivity contribution in [1.29, 1.82) is 0 Å². The molecule has 4 nitrogen and oxygen atoms in total. The molecular formula is C11H13N3O. The molecule has 0 aliphatic carbocycles. The van der Waals surface area contributed by atoms with Crippen molar-refractivity contribution in [3.05, 3.63) is 29.5 Å². The molecule has 2 aromatic rings. The zero-order valence-corrected chi connectivity index (χ0v) is 8.25. The van der Waals surface area contributed by atoms with Crippen LogP contribution in [-0.4, -0.2) is 16.6 Å². The normalized spacial score (nSPS) is 20.5. The maximum atomic E-state index is 9.46. The van der Waals surface area contributed by atoms with Gasteiger partial charge in [-0.3, -0.25) is 5.32 Å². The Balaban J connectivity index is 2.31. The van der Waals surface area contributed by atoms with Crippen molar-refractivity contribution >= 4 is 10.9 Å². The minimum Gasteiger partial charge on any atom is -0.508 e. The van der Waals surface area contributed by atoms with Gasteiger partial charge in [0.15, 0.2) is 0 Å². The maximum Gasteiger partial charge on any atom is 0.116 e. The number of rotatable bonds is 0. The first-order valence-corrected chi connectivity index (χ1v) is 5.08. The van der Waals surface area contributed by atoms with Crippen molar-refractivity contribution in [1.82, 2.24) is 10.3 Å². The molecule has 1 aromatic heterocycles. The van der Waals surface area contributed by atoms with Crippen molar-refractivity contribution in [2.24, 2.45) is 5.73 Å². The van der Waals surface area contributed by atoms with Gasteiger partial charge in [-0.05, 0) is 30.2 Å². The Kier molecular flexibility index (Phi) is 1.74. The van der Waals surface area contributed by atoms with Crippen LogP contribution in [0.15, 0.2) is 18.2 Å². The minimum absolute atomic E-state index is 0.122. The lowest BCUT2D eigenvalue weighted by atomic mass is 10.0. The molecule has 0 spiro atoms. The molecule has 4 heteroatoms. The quantitative estimate of drug-likeness (QED) is 0.515. The van der Waals surface area contributed by atoms with Crippen LogP contribution in [0.5, 0.6) is 5.75 Å². The van der Waals surface area contributed by atoms with Gasteiger partial charge in [0.2, 0.25) is 0 Å². The lowest BCUT2D eigenvalue weighted by Gasteiger charge is -2.20. The summed E-state index contributed by atoms with van der Waals surface area (Å²) in [7, 11) is 0. The molecule has 0 radical (unpaired) electrons. The molecule has 1 aliphatic rings. The standard InChI is InChI=1S/C11H13N3O/c12-11-10-7(3-4-13-11)8-5-6(15)1-2-9(8)14-10/h1-2,5,11,13-15H,3-4,12H2. The molecule has 0 bridgehead atoms. The number of nitrogens with one attached hydrogen (secondary N) is 2. The van der Waals surface area contributed by atoms with Crippen LogP contribution in [0.2, 0.25) is 0 Å². The van der Waals surface area contributed by atoms with Crippen molar-refractivity contribution < 1.29 is 5.11 Å². The van der Waals surface area contributed by atoms with Gasteiger partial charge < -0.3 is 15.8 Å². The summed E-state index contributed by atoms with van der Waals surface area (Å²) in [4.78, 5) is 3.29. The summed E-state index contributed by atoms with van der Waals surface area (Å²) in [6.45, 7) is 0.886. The van der Waals surface area contributed by atoms with Crippen LogP contribution in [0.25, 0.3) is 10.9 Å². The second-order valence-corrected chi connectivity index (χ2v) is 3.93. The van der Waals surface area contributed by atoms with E-state index >= 15 is 0 Å². The molecule has 15 heavy (non-hydrogen) atoms. The molecule has 0 amide bonds. The van der Waals surface area contributed by atoms with Crippen LogP contribution < -0.4 is 11.1 Å². The fourth-order valence-electron chi connectivity index (χ4n) is 2.25. The van der Waals surface area contributed by atoms with Crippen LogP contribution in [0.4, 0.5) is 0 Å². The number of aromatic amines is 1. The summed E-state index contributed by atoms with van der Waals surface area (Å²) in [5, 5.41) is 13.7. The lowest BCUT2D eigenvalue weighted by Crippen LogP contribution is -2.35. The first-order valence-electron chi connectivity index (χ1n) is 5.08. The van der Waals surface area contributed by atoms with Gasteiger partial charge in [0.05, 0.1) is 11.9 Å². The number of phenolic OH excluding ortho intramolecular Hbond substituents is 1. The van der Waals surface area contributed by atoms with E-state index in [0.717, 1.165) is 29.6 Å². The third-order valence-electron chi connectivity index (χ3n) is 2.97. The lowest BCUT2D eigenvalue weighted by molar-refractivity contribution is 0.476. The molecule has 5 N–H and O–H groups in total. The van der Waals surface area contributed by atoms with Crippen molar-refractivity contribution in [3.63, 3.8) is 0 Å². The molecule has 1 aromatic carbocycles. The Morgan fingerprint density at radius 1 is 1.40 bits per heavy atom. The Hall–Kier alpha value is -1.52. The van der Waals surface area contributed by atoms with Crippen LogP contribution in [0, 0.1) is 0 Å². The number of hydrogen-bond donors (Lipinski definition) is 4. The van der Waals surface area contributed by atoms with Gasteiger partial charge in [0.1, 0.15) is 5.75 Å². The van der Waals surface area contributed by atoms with E-state index in [1.165, 1.54) is 5.56 Å².